The zero-order chi connectivity index (χ0) is 11.4. The van der Waals surface area contributed by atoms with Crippen molar-refractivity contribution in [3.8, 4) is 11.1 Å². The van der Waals surface area contributed by atoms with Gasteiger partial charge < -0.3 is 5.32 Å². The molecule has 2 nitrogen and oxygen atoms in total. The minimum Gasteiger partial charge on any atom is -0.316 e. The van der Waals surface area contributed by atoms with Crippen molar-refractivity contribution in [3.63, 3.8) is 0 Å². The fourth-order valence-electron chi connectivity index (χ4n) is 1.69. The summed E-state index contributed by atoms with van der Waals surface area (Å²) in [4.78, 5) is 3.96. The summed E-state index contributed by atoms with van der Waals surface area (Å²) in [5, 5.41) is 3.08. The minimum atomic E-state index is -0.216. The number of hydrogen-bond acceptors (Lipinski definition) is 2. The van der Waals surface area contributed by atoms with Gasteiger partial charge in [-0.2, -0.15) is 0 Å². The average molecular weight is 216 g/mol. The van der Waals surface area contributed by atoms with Crippen molar-refractivity contribution < 1.29 is 4.39 Å². The summed E-state index contributed by atoms with van der Waals surface area (Å²) in [6.07, 6.45) is 3.42. The van der Waals surface area contributed by atoms with E-state index in [0.29, 0.717) is 0 Å². The van der Waals surface area contributed by atoms with Gasteiger partial charge in [-0.15, -0.1) is 0 Å². The fraction of sp³-hybridized carbons (Fsp3) is 0.154. The lowest BCUT2D eigenvalue weighted by atomic mass is 10.0. The highest BCUT2D eigenvalue weighted by molar-refractivity contribution is 5.66. The Balaban J connectivity index is 2.49. The minimum absolute atomic E-state index is 0.216. The monoisotopic (exact) mass is 216 g/mol. The molecule has 3 heteroatoms. The number of rotatable bonds is 3. The standard InChI is InChI=1S/C13H13FN2/c1-15-9-11-2-3-12(14)8-13(11)10-4-6-16-7-5-10/h2-8,15H,9H2,1H3. The molecule has 2 aromatic rings. The van der Waals surface area contributed by atoms with Crippen molar-refractivity contribution in [2.45, 2.75) is 6.54 Å². The molecule has 0 bridgehead atoms. The molecule has 82 valence electrons. The van der Waals surface area contributed by atoms with Gasteiger partial charge in [0.05, 0.1) is 0 Å². The van der Waals surface area contributed by atoms with Gasteiger partial charge >= 0.3 is 0 Å². The first-order valence-corrected chi connectivity index (χ1v) is 5.14. The van der Waals surface area contributed by atoms with E-state index in [1.807, 2.05) is 25.2 Å². The predicted molar refractivity (Wildman–Crippen MR) is 62.4 cm³/mol. The summed E-state index contributed by atoms with van der Waals surface area (Å²) >= 11 is 0. The second-order valence-electron chi connectivity index (χ2n) is 3.57. The molecule has 0 aliphatic rings. The summed E-state index contributed by atoms with van der Waals surface area (Å²) < 4.78 is 13.2. The molecule has 16 heavy (non-hydrogen) atoms. The third-order valence-corrected chi connectivity index (χ3v) is 2.43. The van der Waals surface area contributed by atoms with Crippen molar-refractivity contribution in [2.24, 2.45) is 0 Å². The molecular weight excluding hydrogens is 203 g/mol. The highest BCUT2D eigenvalue weighted by Crippen LogP contribution is 2.24. The van der Waals surface area contributed by atoms with E-state index in [9.17, 15) is 4.39 Å². The molecule has 1 aromatic carbocycles. The van der Waals surface area contributed by atoms with Gasteiger partial charge in [0.1, 0.15) is 5.82 Å². The van der Waals surface area contributed by atoms with Gasteiger partial charge in [-0.3, -0.25) is 4.98 Å². The maximum atomic E-state index is 13.2. The smallest absolute Gasteiger partial charge is 0.123 e. The Bertz CT molecular complexity index is 469. The van der Waals surface area contributed by atoms with E-state index < -0.39 is 0 Å². The van der Waals surface area contributed by atoms with E-state index in [4.69, 9.17) is 0 Å². The van der Waals surface area contributed by atoms with Gasteiger partial charge in [0.2, 0.25) is 0 Å². The summed E-state index contributed by atoms with van der Waals surface area (Å²) in [7, 11) is 1.87. The molecule has 1 aromatic heterocycles. The molecule has 0 spiro atoms. The van der Waals surface area contributed by atoms with Crippen LogP contribution in [0, 0.1) is 5.82 Å². The highest BCUT2D eigenvalue weighted by atomic mass is 19.1. The van der Waals surface area contributed by atoms with E-state index in [1.54, 1.807) is 18.5 Å². The zero-order valence-electron chi connectivity index (χ0n) is 9.07. The maximum Gasteiger partial charge on any atom is 0.123 e. The Kier molecular flexibility index (Phi) is 3.27. The van der Waals surface area contributed by atoms with Crippen LogP contribution in [0.1, 0.15) is 5.56 Å². The Labute approximate surface area is 94.2 Å². The molecule has 0 radical (unpaired) electrons. The van der Waals surface area contributed by atoms with E-state index >= 15 is 0 Å². The van der Waals surface area contributed by atoms with E-state index in [2.05, 4.69) is 10.3 Å². The lowest BCUT2D eigenvalue weighted by molar-refractivity contribution is 0.627. The number of aromatic nitrogens is 1. The lowest BCUT2D eigenvalue weighted by Crippen LogP contribution is -2.06. The first-order valence-electron chi connectivity index (χ1n) is 5.14. The quantitative estimate of drug-likeness (QED) is 0.853. The van der Waals surface area contributed by atoms with E-state index in [0.717, 1.165) is 23.2 Å². The molecule has 2 rings (SSSR count). The normalized spacial score (nSPS) is 10.4. The number of nitrogens with one attached hydrogen (secondary N) is 1. The van der Waals surface area contributed by atoms with Crippen LogP contribution in [0.4, 0.5) is 4.39 Å². The van der Waals surface area contributed by atoms with Crippen LogP contribution in [0.2, 0.25) is 0 Å². The van der Waals surface area contributed by atoms with Crippen LogP contribution in [-0.2, 0) is 6.54 Å². The van der Waals surface area contributed by atoms with Crippen molar-refractivity contribution in [1.29, 1.82) is 0 Å². The average Bonchev–Trinajstić information content (AvgIpc) is 2.33. The predicted octanol–water partition coefficient (Wildman–Crippen LogP) is 2.61. The van der Waals surface area contributed by atoms with Crippen molar-refractivity contribution in [1.82, 2.24) is 10.3 Å². The molecular formula is C13H13FN2. The van der Waals surface area contributed by atoms with Crippen molar-refractivity contribution >= 4 is 0 Å². The van der Waals surface area contributed by atoms with E-state index in [-0.39, 0.29) is 5.82 Å². The van der Waals surface area contributed by atoms with Gasteiger partial charge in [0.25, 0.3) is 0 Å². The molecule has 0 saturated heterocycles. The van der Waals surface area contributed by atoms with Crippen LogP contribution in [0.5, 0.6) is 0 Å². The topological polar surface area (TPSA) is 24.9 Å². The third kappa shape index (κ3) is 2.25. The Hall–Kier alpha value is -1.74. The second kappa shape index (κ2) is 4.86. The van der Waals surface area contributed by atoms with Crippen LogP contribution in [0.15, 0.2) is 42.7 Å². The summed E-state index contributed by atoms with van der Waals surface area (Å²) in [6.45, 7) is 0.720. The summed E-state index contributed by atoms with van der Waals surface area (Å²) in [6, 6.07) is 8.61. The van der Waals surface area contributed by atoms with Crippen molar-refractivity contribution in [2.75, 3.05) is 7.05 Å². The number of pyridine rings is 1. The van der Waals surface area contributed by atoms with Gasteiger partial charge in [-0.05, 0) is 48.0 Å². The molecule has 0 fully saturated rings. The molecule has 0 atom stereocenters. The van der Waals surface area contributed by atoms with Crippen LogP contribution < -0.4 is 5.32 Å². The van der Waals surface area contributed by atoms with Crippen molar-refractivity contribution in [3.05, 3.63) is 54.1 Å². The number of halogens is 1. The molecule has 1 N–H and O–H groups in total. The zero-order valence-corrected chi connectivity index (χ0v) is 9.07. The van der Waals surface area contributed by atoms with Crippen LogP contribution in [0.25, 0.3) is 11.1 Å². The lowest BCUT2D eigenvalue weighted by Gasteiger charge is -2.09. The molecule has 0 aliphatic heterocycles. The number of benzene rings is 1. The van der Waals surface area contributed by atoms with Crippen LogP contribution in [0.3, 0.4) is 0 Å². The molecule has 0 amide bonds. The van der Waals surface area contributed by atoms with Gasteiger partial charge in [-0.1, -0.05) is 6.07 Å². The number of hydrogen-bond donors (Lipinski definition) is 1. The Morgan fingerprint density at radius 2 is 1.94 bits per heavy atom. The van der Waals surface area contributed by atoms with Crippen LogP contribution >= 0.6 is 0 Å². The van der Waals surface area contributed by atoms with Gasteiger partial charge in [0.15, 0.2) is 0 Å². The summed E-state index contributed by atoms with van der Waals surface area (Å²) in [5.74, 6) is -0.216. The SMILES string of the molecule is CNCc1ccc(F)cc1-c1ccncc1. The number of nitrogens with zero attached hydrogens (tertiary/aromatic N) is 1. The molecule has 0 aliphatic carbocycles. The van der Waals surface area contributed by atoms with Gasteiger partial charge in [-0.25, -0.2) is 4.39 Å². The van der Waals surface area contributed by atoms with Crippen LogP contribution in [-0.4, -0.2) is 12.0 Å². The highest BCUT2D eigenvalue weighted by Gasteiger charge is 2.05. The fourth-order valence-corrected chi connectivity index (χ4v) is 1.69. The van der Waals surface area contributed by atoms with E-state index in [1.165, 1.54) is 6.07 Å². The largest absolute Gasteiger partial charge is 0.316 e. The first kappa shape index (κ1) is 10.8. The molecule has 1 heterocycles. The molecule has 0 saturated carbocycles. The Morgan fingerprint density at radius 3 is 2.62 bits per heavy atom. The first-order chi connectivity index (χ1) is 7.81. The maximum absolute atomic E-state index is 13.2. The second-order valence-corrected chi connectivity index (χ2v) is 3.57. The molecule has 0 unspecified atom stereocenters. The Morgan fingerprint density at radius 1 is 1.19 bits per heavy atom. The summed E-state index contributed by atoms with van der Waals surface area (Å²) in [5.41, 5.74) is 2.98. The van der Waals surface area contributed by atoms with Gasteiger partial charge in [0, 0.05) is 18.9 Å². The third-order valence-electron chi connectivity index (χ3n) is 2.43.